The lowest BCUT2D eigenvalue weighted by Gasteiger charge is -2.10. The fourth-order valence-corrected chi connectivity index (χ4v) is 3.87. The highest BCUT2D eigenvalue weighted by atomic mass is 32.2. The number of hydrogen-bond donors (Lipinski definition) is 4. The normalized spacial score (nSPS) is 12.3. The quantitative estimate of drug-likeness (QED) is 0.288. The van der Waals surface area contributed by atoms with Crippen molar-refractivity contribution in [2.24, 2.45) is 27.6 Å². The third kappa shape index (κ3) is 4.15. The van der Waals surface area contributed by atoms with Gasteiger partial charge >= 0.3 is 0 Å². The molecule has 0 aliphatic heterocycles. The maximum atomic E-state index is 12.6. The van der Waals surface area contributed by atoms with Gasteiger partial charge in [0.2, 0.25) is 5.96 Å². The van der Waals surface area contributed by atoms with Gasteiger partial charge in [0.15, 0.2) is 0 Å². The number of aromatic amines is 1. The highest BCUT2D eigenvalue weighted by Crippen LogP contribution is 2.26. The monoisotopic (exact) mass is 398 g/mol. The van der Waals surface area contributed by atoms with Crippen molar-refractivity contribution in [3.05, 3.63) is 60.3 Å². The Labute approximate surface area is 163 Å². The van der Waals surface area contributed by atoms with Crippen molar-refractivity contribution in [1.82, 2.24) is 4.98 Å². The predicted octanol–water partition coefficient (Wildman–Crippen LogP) is 2.60. The highest BCUT2D eigenvalue weighted by molar-refractivity contribution is 7.92. The van der Waals surface area contributed by atoms with Crippen molar-refractivity contribution in [2.45, 2.75) is 18.7 Å². The first-order valence-electron chi connectivity index (χ1n) is 8.64. The van der Waals surface area contributed by atoms with Crippen molar-refractivity contribution in [3.8, 4) is 0 Å². The van der Waals surface area contributed by atoms with E-state index in [1.165, 1.54) is 0 Å². The van der Waals surface area contributed by atoms with Crippen molar-refractivity contribution in [3.63, 3.8) is 0 Å². The molecule has 0 saturated carbocycles. The molecule has 9 heteroatoms. The fraction of sp³-hybridized carbons (Fsp3) is 0.158. The number of aromatic nitrogens is 1. The molecule has 3 aromatic rings. The van der Waals surface area contributed by atoms with Gasteiger partial charge in [-0.2, -0.15) is 5.10 Å². The van der Waals surface area contributed by atoms with Gasteiger partial charge in [-0.3, -0.25) is 4.72 Å². The van der Waals surface area contributed by atoms with Gasteiger partial charge in [-0.15, -0.1) is 5.10 Å². The summed E-state index contributed by atoms with van der Waals surface area (Å²) in [4.78, 5) is 3.36. The van der Waals surface area contributed by atoms with Crippen LogP contribution in [-0.4, -0.2) is 25.1 Å². The predicted molar refractivity (Wildman–Crippen MR) is 113 cm³/mol. The molecule has 146 valence electrons. The summed E-state index contributed by atoms with van der Waals surface area (Å²) in [6.45, 7) is 3.95. The van der Waals surface area contributed by atoms with Crippen molar-refractivity contribution in [2.75, 3.05) is 4.72 Å². The third-order valence-corrected chi connectivity index (χ3v) is 5.48. The van der Waals surface area contributed by atoms with E-state index in [1.54, 1.807) is 54.7 Å². The van der Waals surface area contributed by atoms with Crippen molar-refractivity contribution in [1.29, 1.82) is 0 Å². The molecule has 6 N–H and O–H groups in total. The fourth-order valence-electron chi connectivity index (χ4n) is 2.80. The Bertz CT molecular complexity index is 1140. The number of nitrogens with one attached hydrogen (secondary N) is 2. The van der Waals surface area contributed by atoms with Gasteiger partial charge in [0.1, 0.15) is 0 Å². The summed E-state index contributed by atoms with van der Waals surface area (Å²) in [5.41, 5.74) is 13.6. The van der Waals surface area contributed by atoms with E-state index >= 15 is 0 Å². The van der Waals surface area contributed by atoms with E-state index in [-0.39, 0.29) is 16.8 Å². The van der Waals surface area contributed by atoms with Gasteiger partial charge in [0.25, 0.3) is 10.0 Å². The number of rotatable bonds is 6. The number of guanidine groups is 1. The van der Waals surface area contributed by atoms with Crippen molar-refractivity contribution >= 4 is 38.3 Å². The summed E-state index contributed by atoms with van der Waals surface area (Å²) in [5, 5.41) is 8.74. The Morgan fingerprint density at radius 1 is 1.07 bits per heavy atom. The molecule has 1 aromatic heterocycles. The maximum absolute atomic E-state index is 12.6. The third-order valence-electron chi connectivity index (χ3n) is 4.08. The lowest BCUT2D eigenvalue weighted by molar-refractivity contribution is 0.601. The van der Waals surface area contributed by atoms with E-state index in [9.17, 15) is 8.42 Å². The number of nitrogens with zero attached hydrogens (tertiary/aromatic N) is 2. The maximum Gasteiger partial charge on any atom is 0.261 e. The number of hydrogen-bond acceptors (Lipinski definition) is 4. The summed E-state index contributed by atoms with van der Waals surface area (Å²) in [6, 6.07) is 13.5. The van der Waals surface area contributed by atoms with E-state index in [2.05, 4.69) is 19.9 Å². The van der Waals surface area contributed by atoms with Crippen LogP contribution >= 0.6 is 0 Å². The zero-order valence-electron chi connectivity index (χ0n) is 15.5. The van der Waals surface area contributed by atoms with Crippen LogP contribution in [0.4, 0.5) is 5.69 Å². The summed E-state index contributed by atoms with van der Waals surface area (Å²) in [6.07, 6.45) is 1.81. The Morgan fingerprint density at radius 2 is 1.79 bits per heavy atom. The van der Waals surface area contributed by atoms with Gasteiger partial charge in [0.05, 0.1) is 10.6 Å². The second-order valence-corrected chi connectivity index (χ2v) is 8.23. The lowest BCUT2D eigenvalue weighted by Crippen LogP contribution is -2.22. The Hall–Kier alpha value is -3.33. The molecule has 0 spiro atoms. The van der Waals surface area contributed by atoms with Crippen LogP contribution in [0, 0.1) is 5.92 Å². The molecule has 28 heavy (non-hydrogen) atoms. The number of anilines is 1. The molecule has 1 heterocycles. The van der Waals surface area contributed by atoms with Gasteiger partial charge in [-0.1, -0.05) is 32.0 Å². The Morgan fingerprint density at radius 3 is 2.43 bits per heavy atom. The molecule has 0 bridgehead atoms. The van der Waals surface area contributed by atoms with Crippen LogP contribution < -0.4 is 16.2 Å². The Balaban J connectivity index is 2.03. The van der Waals surface area contributed by atoms with Crippen LogP contribution in [0.3, 0.4) is 0 Å². The highest BCUT2D eigenvalue weighted by Gasteiger charge is 2.17. The van der Waals surface area contributed by atoms with Crippen LogP contribution in [-0.2, 0) is 10.0 Å². The molecular weight excluding hydrogens is 376 g/mol. The average Bonchev–Trinajstić information content (AvgIpc) is 3.05. The van der Waals surface area contributed by atoms with Gasteiger partial charge < -0.3 is 16.5 Å². The molecule has 0 saturated heterocycles. The van der Waals surface area contributed by atoms with E-state index in [0.717, 1.165) is 16.5 Å². The molecule has 0 amide bonds. The molecule has 0 unspecified atom stereocenters. The zero-order valence-corrected chi connectivity index (χ0v) is 16.4. The summed E-state index contributed by atoms with van der Waals surface area (Å²) in [5.74, 6) is -0.0823. The molecular formula is C19H22N6O2S. The smallest absolute Gasteiger partial charge is 0.261 e. The van der Waals surface area contributed by atoms with E-state index in [1.807, 2.05) is 13.8 Å². The van der Waals surface area contributed by atoms with Crippen LogP contribution in [0.2, 0.25) is 0 Å². The SMILES string of the molecule is CC(C)/C(=N\N=C(N)N)c1c[nH]c2ccc(NS(=O)(=O)c3ccccc3)cc12. The summed E-state index contributed by atoms with van der Waals surface area (Å²) >= 11 is 0. The molecule has 8 nitrogen and oxygen atoms in total. The minimum absolute atomic E-state index is 0.0479. The molecule has 0 aliphatic rings. The number of nitrogens with two attached hydrogens (primary N) is 2. The second-order valence-electron chi connectivity index (χ2n) is 6.55. The molecule has 0 aliphatic carbocycles. The number of sulfonamides is 1. The van der Waals surface area contributed by atoms with Crippen LogP contribution in [0.25, 0.3) is 10.9 Å². The number of benzene rings is 2. The first-order chi connectivity index (χ1) is 13.3. The molecule has 0 radical (unpaired) electrons. The van der Waals surface area contributed by atoms with Gasteiger partial charge in [0, 0.05) is 28.4 Å². The van der Waals surface area contributed by atoms with E-state index in [0.29, 0.717) is 11.4 Å². The largest absolute Gasteiger partial charge is 0.369 e. The van der Waals surface area contributed by atoms with Crippen LogP contribution in [0.1, 0.15) is 19.4 Å². The standard InChI is InChI=1S/C19H22N6O2S/c1-12(2)18(23-24-19(20)21)16-11-22-17-9-8-13(10-15(16)17)25-28(26,27)14-6-4-3-5-7-14/h3-12,22,25H,1-2H3,(H4,20,21,24)/b23-18+. The minimum Gasteiger partial charge on any atom is -0.369 e. The molecule has 3 rings (SSSR count). The molecule has 0 fully saturated rings. The van der Waals surface area contributed by atoms with Gasteiger partial charge in [-0.25, -0.2) is 8.42 Å². The number of fused-ring (bicyclic) bond motifs is 1. The lowest BCUT2D eigenvalue weighted by atomic mass is 9.99. The van der Waals surface area contributed by atoms with E-state index in [4.69, 9.17) is 11.5 Å². The minimum atomic E-state index is -3.68. The van der Waals surface area contributed by atoms with Crippen molar-refractivity contribution < 1.29 is 8.42 Å². The second kappa shape index (κ2) is 7.73. The summed E-state index contributed by atoms with van der Waals surface area (Å²) < 4.78 is 27.8. The molecule has 2 aromatic carbocycles. The molecule has 0 atom stereocenters. The number of H-pyrrole nitrogens is 1. The average molecular weight is 398 g/mol. The van der Waals surface area contributed by atoms with Crippen LogP contribution in [0.5, 0.6) is 0 Å². The first kappa shape index (κ1) is 19.4. The zero-order chi connectivity index (χ0) is 20.3. The van der Waals surface area contributed by atoms with Gasteiger partial charge in [-0.05, 0) is 36.2 Å². The van der Waals surface area contributed by atoms with Crippen LogP contribution in [0.15, 0.2) is 69.8 Å². The summed E-state index contributed by atoms with van der Waals surface area (Å²) in [7, 11) is -3.68. The topological polar surface area (TPSA) is 139 Å². The van der Waals surface area contributed by atoms with E-state index < -0.39 is 10.0 Å². The first-order valence-corrected chi connectivity index (χ1v) is 10.1. The Kier molecular flexibility index (Phi) is 5.36.